The van der Waals surface area contributed by atoms with E-state index in [0.29, 0.717) is 13.0 Å². The lowest BCUT2D eigenvalue weighted by Crippen LogP contribution is -2.35. The van der Waals surface area contributed by atoms with E-state index in [9.17, 15) is 0 Å². The van der Waals surface area contributed by atoms with Crippen LogP contribution in [0.1, 0.15) is 6.42 Å². The van der Waals surface area contributed by atoms with Crippen LogP contribution in [0.2, 0.25) is 0 Å². The summed E-state index contributed by atoms with van der Waals surface area (Å²) in [6.07, 6.45) is 0.258. The fraction of sp³-hybridized carbons (Fsp3) is 0.800. The lowest BCUT2D eigenvalue weighted by Gasteiger charge is -2.04. The minimum Gasteiger partial charge on any atom is -0.392 e. The van der Waals surface area contributed by atoms with Crippen molar-refractivity contribution in [2.75, 3.05) is 6.54 Å². The van der Waals surface area contributed by atoms with Crippen LogP contribution in [-0.2, 0) is 0 Å². The summed E-state index contributed by atoms with van der Waals surface area (Å²) in [6.45, 7) is 0.560. The molecule has 2 unspecified atom stereocenters. The Hall–Kier alpha value is -0.610. The summed E-state index contributed by atoms with van der Waals surface area (Å²) in [5.41, 5.74) is 5.17. The first kappa shape index (κ1) is 6.51. The van der Waals surface area contributed by atoms with E-state index in [-0.39, 0.29) is 18.0 Å². The van der Waals surface area contributed by atoms with Gasteiger partial charge in [-0.15, -0.1) is 0 Å². The molecule has 1 fully saturated rings. The van der Waals surface area contributed by atoms with Crippen molar-refractivity contribution in [2.45, 2.75) is 18.6 Å². The van der Waals surface area contributed by atoms with Gasteiger partial charge in [0.15, 0.2) is 0 Å². The van der Waals surface area contributed by atoms with E-state index in [1.165, 1.54) is 0 Å². The molecular formula is C5H11N3O. The van der Waals surface area contributed by atoms with Crippen molar-refractivity contribution < 1.29 is 5.11 Å². The third-order valence-corrected chi connectivity index (χ3v) is 1.48. The second-order valence-corrected chi connectivity index (χ2v) is 2.31. The van der Waals surface area contributed by atoms with Crippen LogP contribution in [0.25, 0.3) is 0 Å². The lowest BCUT2D eigenvalue weighted by molar-refractivity contribution is 0.195. The number of hydrogen-bond acceptors (Lipinski definition) is 3. The third-order valence-electron chi connectivity index (χ3n) is 1.48. The summed E-state index contributed by atoms with van der Waals surface area (Å²) in [5, 5.41) is 18.8. The van der Waals surface area contributed by atoms with Crippen LogP contribution >= 0.6 is 0 Å². The second-order valence-electron chi connectivity index (χ2n) is 2.31. The SMILES string of the molecule is N=C(N)C1CC(O)CN1. The highest BCUT2D eigenvalue weighted by Crippen LogP contribution is 2.04. The van der Waals surface area contributed by atoms with Crippen LogP contribution in [0, 0.1) is 5.41 Å². The molecule has 1 saturated heterocycles. The molecule has 1 aliphatic rings. The van der Waals surface area contributed by atoms with Gasteiger partial charge < -0.3 is 16.2 Å². The van der Waals surface area contributed by atoms with Gasteiger partial charge in [-0.2, -0.15) is 0 Å². The predicted molar refractivity (Wildman–Crippen MR) is 34.3 cm³/mol. The predicted octanol–water partition coefficient (Wildman–Crippen LogP) is -1.35. The van der Waals surface area contributed by atoms with Gasteiger partial charge in [-0.25, -0.2) is 0 Å². The fourth-order valence-electron chi connectivity index (χ4n) is 0.954. The van der Waals surface area contributed by atoms with Gasteiger partial charge in [0.2, 0.25) is 0 Å². The molecule has 0 aromatic rings. The standard InChI is InChI=1S/C5H11N3O/c6-5(7)4-1-3(9)2-8-4/h3-4,8-9H,1-2H2,(H3,6,7). The maximum atomic E-state index is 8.93. The molecule has 4 nitrogen and oxygen atoms in total. The molecule has 0 bridgehead atoms. The molecule has 0 aromatic carbocycles. The van der Waals surface area contributed by atoms with E-state index in [1.54, 1.807) is 0 Å². The minimum atomic E-state index is -0.320. The Morgan fingerprint density at radius 2 is 2.44 bits per heavy atom. The van der Waals surface area contributed by atoms with Gasteiger partial charge >= 0.3 is 0 Å². The summed E-state index contributed by atoms with van der Waals surface area (Å²) >= 11 is 0. The minimum absolute atomic E-state index is 0.0972. The zero-order valence-corrected chi connectivity index (χ0v) is 5.09. The molecule has 1 aliphatic heterocycles. The first-order chi connectivity index (χ1) is 4.20. The summed E-state index contributed by atoms with van der Waals surface area (Å²) < 4.78 is 0. The Morgan fingerprint density at radius 3 is 2.67 bits per heavy atom. The van der Waals surface area contributed by atoms with Gasteiger partial charge in [0.1, 0.15) is 5.84 Å². The second kappa shape index (κ2) is 2.33. The van der Waals surface area contributed by atoms with Crippen molar-refractivity contribution >= 4 is 5.84 Å². The lowest BCUT2D eigenvalue weighted by atomic mass is 10.2. The third kappa shape index (κ3) is 1.40. The van der Waals surface area contributed by atoms with Crippen molar-refractivity contribution in [3.8, 4) is 0 Å². The first-order valence-corrected chi connectivity index (χ1v) is 2.95. The van der Waals surface area contributed by atoms with Gasteiger partial charge in [-0.3, -0.25) is 5.41 Å². The van der Waals surface area contributed by atoms with Gasteiger partial charge in [0.05, 0.1) is 12.1 Å². The van der Waals surface area contributed by atoms with Gasteiger partial charge in [0, 0.05) is 6.54 Å². The van der Waals surface area contributed by atoms with Crippen LogP contribution in [0.15, 0.2) is 0 Å². The number of β-amino-alcohol motifs (C(OH)–C–C–N with tert-alkyl or cyclic N) is 1. The number of nitrogens with one attached hydrogen (secondary N) is 2. The van der Waals surface area contributed by atoms with Crippen LogP contribution in [-0.4, -0.2) is 29.6 Å². The Kier molecular flexibility index (Phi) is 1.68. The highest BCUT2D eigenvalue weighted by Gasteiger charge is 2.23. The molecule has 0 amide bonds. The first-order valence-electron chi connectivity index (χ1n) is 2.95. The molecule has 1 heterocycles. The highest BCUT2D eigenvalue weighted by atomic mass is 16.3. The summed E-state index contributed by atoms with van der Waals surface area (Å²) in [5.74, 6) is 0.117. The average molecular weight is 129 g/mol. The quantitative estimate of drug-likeness (QED) is 0.261. The molecule has 0 aromatic heterocycles. The normalized spacial score (nSPS) is 34.8. The number of nitrogens with two attached hydrogens (primary N) is 1. The molecule has 0 radical (unpaired) electrons. The number of rotatable bonds is 1. The van der Waals surface area contributed by atoms with E-state index in [2.05, 4.69) is 5.32 Å². The molecular weight excluding hydrogens is 118 g/mol. The Labute approximate surface area is 53.6 Å². The van der Waals surface area contributed by atoms with Crippen molar-refractivity contribution in [2.24, 2.45) is 5.73 Å². The number of aliphatic hydroxyl groups excluding tert-OH is 1. The Balaban J connectivity index is 2.39. The molecule has 4 heteroatoms. The van der Waals surface area contributed by atoms with Crippen molar-refractivity contribution in [1.29, 1.82) is 5.41 Å². The Morgan fingerprint density at radius 1 is 1.78 bits per heavy atom. The molecule has 2 atom stereocenters. The summed E-state index contributed by atoms with van der Waals surface area (Å²) in [6, 6.07) is -0.0972. The van der Waals surface area contributed by atoms with Gasteiger partial charge in [0.25, 0.3) is 0 Å². The van der Waals surface area contributed by atoms with E-state index < -0.39 is 0 Å². The molecule has 0 spiro atoms. The zero-order valence-electron chi connectivity index (χ0n) is 5.09. The summed E-state index contributed by atoms with van der Waals surface area (Å²) in [4.78, 5) is 0. The van der Waals surface area contributed by atoms with Crippen molar-refractivity contribution in [3.05, 3.63) is 0 Å². The molecule has 9 heavy (non-hydrogen) atoms. The molecule has 0 aliphatic carbocycles. The Bertz CT molecular complexity index is 125. The van der Waals surface area contributed by atoms with Gasteiger partial charge in [-0.05, 0) is 6.42 Å². The fourth-order valence-corrected chi connectivity index (χ4v) is 0.954. The smallest absolute Gasteiger partial charge is 0.108 e. The maximum absolute atomic E-state index is 8.93. The van der Waals surface area contributed by atoms with Crippen LogP contribution < -0.4 is 11.1 Å². The van der Waals surface area contributed by atoms with Crippen LogP contribution in [0.5, 0.6) is 0 Å². The average Bonchev–Trinajstić information content (AvgIpc) is 2.14. The molecule has 0 saturated carbocycles. The molecule has 52 valence electrons. The number of amidine groups is 1. The number of aliphatic hydroxyl groups is 1. The summed E-state index contributed by atoms with van der Waals surface area (Å²) in [7, 11) is 0. The van der Waals surface area contributed by atoms with E-state index in [0.717, 1.165) is 0 Å². The molecule has 1 rings (SSSR count). The van der Waals surface area contributed by atoms with Gasteiger partial charge in [-0.1, -0.05) is 0 Å². The van der Waals surface area contributed by atoms with Crippen molar-refractivity contribution in [3.63, 3.8) is 0 Å². The maximum Gasteiger partial charge on any atom is 0.108 e. The monoisotopic (exact) mass is 129 g/mol. The zero-order chi connectivity index (χ0) is 6.85. The van der Waals surface area contributed by atoms with E-state index >= 15 is 0 Å². The molecule has 5 N–H and O–H groups in total. The topological polar surface area (TPSA) is 82.1 Å². The van der Waals surface area contributed by atoms with Crippen molar-refractivity contribution in [1.82, 2.24) is 5.32 Å². The van der Waals surface area contributed by atoms with E-state index in [4.69, 9.17) is 16.2 Å². The van der Waals surface area contributed by atoms with Crippen LogP contribution in [0.4, 0.5) is 0 Å². The van der Waals surface area contributed by atoms with Crippen LogP contribution in [0.3, 0.4) is 0 Å². The largest absolute Gasteiger partial charge is 0.392 e. The number of hydrogen-bond donors (Lipinski definition) is 4. The highest BCUT2D eigenvalue weighted by molar-refractivity contribution is 5.83. The van der Waals surface area contributed by atoms with E-state index in [1.807, 2.05) is 0 Å².